The standard InChI is InChI=1S/C24H25F4N3OS2/c1-4-15(2)14-29-23-31(16(3)20(34-23)17-9-6-5-7-10-17)22(33)30-18-11-8-12-19(13-18)32-24(27,28)21(25)26/h4-13,16,20-21H,14H2,1-3H3,(H,30,33)/b15-4+,29-23-. The van der Waals surface area contributed by atoms with Crippen LogP contribution in [0.3, 0.4) is 0 Å². The van der Waals surface area contributed by atoms with E-state index in [1.54, 1.807) is 17.8 Å². The summed E-state index contributed by atoms with van der Waals surface area (Å²) in [6, 6.07) is 15.3. The SMILES string of the molecule is C/C=C(\C)C/N=C1\SC(c2ccccc2)C(C)N1C(=S)Nc1cccc(OC(F)(F)C(F)F)c1. The van der Waals surface area contributed by atoms with Gasteiger partial charge in [-0.3, -0.25) is 9.89 Å². The van der Waals surface area contributed by atoms with Crippen LogP contribution in [0.1, 0.15) is 31.6 Å². The van der Waals surface area contributed by atoms with Crippen molar-refractivity contribution in [2.45, 2.75) is 44.6 Å². The minimum atomic E-state index is -4.59. The Labute approximate surface area is 206 Å². The lowest BCUT2D eigenvalue weighted by Gasteiger charge is -2.26. The molecule has 0 aromatic heterocycles. The number of aliphatic imine (C=N–C) groups is 1. The van der Waals surface area contributed by atoms with Gasteiger partial charge in [-0.05, 0) is 50.7 Å². The average molecular weight is 512 g/mol. The van der Waals surface area contributed by atoms with Crippen LogP contribution in [-0.4, -0.2) is 40.3 Å². The third-order valence-corrected chi connectivity index (χ3v) is 6.94. The molecule has 182 valence electrons. The number of anilines is 1. The third-order valence-electron chi connectivity index (χ3n) is 5.18. The lowest BCUT2D eigenvalue weighted by Crippen LogP contribution is -2.41. The summed E-state index contributed by atoms with van der Waals surface area (Å²) in [5, 5.41) is 4.13. The summed E-state index contributed by atoms with van der Waals surface area (Å²) in [7, 11) is 0. The van der Waals surface area contributed by atoms with E-state index in [0.29, 0.717) is 17.3 Å². The Bertz CT molecular complexity index is 1060. The van der Waals surface area contributed by atoms with Gasteiger partial charge >= 0.3 is 12.5 Å². The van der Waals surface area contributed by atoms with Crippen molar-refractivity contribution in [2.24, 2.45) is 4.99 Å². The molecule has 1 aliphatic rings. The predicted octanol–water partition coefficient (Wildman–Crippen LogP) is 7.12. The highest BCUT2D eigenvalue weighted by Gasteiger charge is 2.44. The smallest absolute Gasteiger partial charge is 0.428 e. The maximum absolute atomic E-state index is 13.3. The zero-order valence-corrected chi connectivity index (χ0v) is 20.5. The second kappa shape index (κ2) is 11.2. The van der Waals surface area contributed by atoms with E-state index in [0.717, 1.165) is 16.3 Å². The molecule has 0 saturated carbocycles. The monoisotopic (exact) mass is 511 g/mol. The number of allylic oxidation sites excluding steroid dienone is 1. The highest BCUT2D eigenvalue weighted by atomic mass is 32.2. The van der Waals surface area contributed by atoms with E-state index < -0.39 is 18.3 Å². The fourth-order valence-electron chi connectivity index (χ4n) is 3.26. The van der Waals surface area contributed by atoms with Gasteiger partial charge in [0.05, 0.1) is 17.8 Å². The molecule has 3 rings (SSSR count). The lowest BCUT2D eigenvalue weighted by atomic mass is 10.1. The van der Waals surface area contributed by atoms with Crippen molar-refractivity contribution in [3.63, 3.8) is 0 Å². The molecule has 2 aromatic carbocycles. The van der Waals surface area contributed by atoms with Crippen molar-refractivity contribution in [1.29, 1.82) is 0 Å². The molecule has 2 unspecified atom stereocenters. The Balaban J connectivity index is 1.84. The van der Waals surface area contributed by atoms with Crippen molar-refractivity contribution in [2.75, 3.05) is 11.9 Å². The van der Waals surface area contributed by atoms with E-state index in [9.17, 15) is 17.6 Å². The molecule has 2 atom stereocenters. The van der Waals surface area contributed by atoms with Crippen molar-refractivity contribution in [3.8, 4) is 5.75 Å². The number of thioether (sulfide) groups is 1. The lowest BCUT2D eigenvalue weighted by molar-refractivity contribution is -0.253. The van der Waals surface area contributed by atoms with E-state index in [1.807, 2.05) is 62.1 Å². The highest BCUT2D eigenvalue weighted by molar-refractivity contribution is 8.14. The van der Waals surface area contributed by atoms with Gasteiger partial charge in [0.2, 0.25) is 0 Å². The highest BCUT2D eigenvalue weighted by Crippen LogP contribution is 2.43. The van der Waals surface area contributed by atoms with Gasteiger partial charge < -0.3 is 10.1 Å². The molecule has 1 heterocycles. The third kappa shape index (κ3) is 6.29. The molecule has 1 aliphatic heterocycles. The fraction of sp³-hybridized carbons (Fsp3) is 0.333. The number of benzene rings is 2. The molecule has 0 spiro atoms. The molecule has 0 radical (unpaired) electrons. The number of hydrogen-bond donors (Lipinski definition) is 1. The molecule has 1 saturated heterocycles. The van der Waals surface area contributed by atoms with Gasteiger partial charge in [0.25, 0.3) is 0 Å². The topological polar surface area (TPSA) is 36.9 Å². The molecule has 34 heavy (non-hydrogen) atoms. The van der Waals surface area contributed by atoms with E-state index in [-0.39, 0.29) is 11.3 Å². The van der Waals surface area contributed by atoms with Gasteiger partial charge in [0, 0.05) is 11.8 Å². The molecule has 2 aromatic rings. The first kappa shape index (κ1) is 26.0. The molecule has 0 aliphatic carbocycles. The minimum absolute atomic E-state index is 0.0559. The summed E-state index contributed by atoms with van der Waals surface area (Å²) in [5.74, 6) is -0.401. The van der Waals surface area contributed by atoms with Crippen molar-refractivity contribution >= 4 is 39.9 Å². The van der Waals surface area contributed by atoms with Gasteiger partial charge in [0.15, 0.2) is 10.3 Å². The Hall–Kier alpha value is -2.59. The first-order valence-corrected chi connectivity index (χ1v) is 11.8. The van der Waals surface area contributed by atoms with E-state index >= 15 is 0 Å². The van der Waals surface area contributed by atoms with Crippen LogP contribution < -0.4 is 10.1 Å². The number of thiocarbonyl (C=S) groups is 1. The van der Waals surface area contributed by atoms with Crippen LogP contribution in [0.2, 0.25) is 0 Å². The summed E-state index contributed by atoms with van der Waals surface area (Å²) in [4.78, 5) is 6.64. The summed E-state index contributed by atoms with van der Waals surface area (Å²) in [6.07, 6.45) is -6.54. The van der Waals surface area contributed by atoms with Crippen LogP contribution >= 0.6 is 24.0 Å². The van der Waals surface area contributed by atoms with E-state index in [1.165, 1.54) is 18.2 Å². The number of ether oxygens (including phenoxy) is 1. The maximum Gasteiger partial charge on any atom is 0.461 e. The molecular formula is C24H25F4N3OS2. The Morgan fingerprint density at radius 2 is 1.94 bits per heavy atom. The minimum Gasteiger partial charge on any atom is -0.428 e. The molecule has 10 heteroatoms. The normalized spacial score (nSPS) is 20.2. The molecule has 0 amide bonds. The second-order valence-electron chi connectivity index (χ2n) is 7.72. The predicted molar refractivity (Wildman–Crippen MR) is 134 cm³/mol. The Kier molecular flexibility index (Phi) is 8.59. The van der Waals surface area contributed by atoms with Gasteiger partial charge in [-0.2, -0.15) is 17.6 Å². The quantitative estimate of drug-likeness (QED) is 0.243. The molecule has 4 nitrogen and oxygen atoms in total. The number of halogens is 4. The summed E-state index contributed by atoms with van der Waals surface area (Å²) in [5.41, 5.74) is 2.56. The molecular weight excluding hydrogens is 486 g/mol. The first-order valence-electron chi connectivity index (χ1n) is 10.6. The largest absolute Gasteiger partial charge is 0.461 e. The zero-order chi connectivity index (χ0) is 24.9. The average Bonchev–Trinajstić information content (AvgIpc) is 3.14. The van der Waals surface area contributed by atoms with Crippen LogP contribution in [-0.2, 0) is 0 Å². The number of amidine groups is 1. The second-order valence-corrected chi connectivity index (χ2v) is 9.21. The Morgan fingerprint density at radius 3 is 2.59 bits per heavy atom. The number of nitrogens with one attached hydrogen (secondary N) is 1. The van der Waals surface area contributed by atoms with Crippen LogP contribution in [0.15, 0.2) is 71.2 Å². The van der Waals surface area contributed by atoms with E-state index in [4.69, 9.17) is 17.2 Å². The molecule has 0 bridgehead atoms. The molecule has 1 fully saturated rings. The van der Waals surface area contributed by atoms with Gasteiger partial charge in [-0.15, -0.1) is 0 Å². The van der Waals surface area contributed by atoms with Gasteiger partial charge in [-0.25, -0.2) is 0 Å². The summed E-state index contributed by atoms with van der Waals surface area (Å²) < 4.78 is 55.8. The zero-order valence-electron chi connectivity index (χ0n) is 18.8. The summed E-state index contributed by atoms with van der Waals surface area (Å²) >= 11 is 7.25. The van der Waals surface area contributed by atoms with Gasteiger partial charge in [-0.1, -0.05) is 59.8 Å². The number of nitrogens with zero attached hydrogens (tertiary/aromatic N) is 2. The number of alkyl halides is 4. The Morgan fingerprint density at radius 1 is 1.24 bits per heavy atom. The number of hydrogen-bond acceptors (Lipinski definition) is 4. The van der Waals surface area contributed by atoms with Crippen molar-refractivity contribution < 1.29 is 22.3 Å². The van der Waals surface area contributed by atoms with Crippen molar-refractivity contribution in [3.05, 3.63) is 71.8 Å². The molecule has 1 N–H and O–H groups in total. The van der Waals surface area contributed by atoms with Crippen LogP contribution in [0, 0.1) is 0 Å². The maximum atomic E-state index is 13.3. The van der Waals surface area contributed by atoms with Crippen LogP contribution in [0.5, 0.6) is 5.75 Å². The number of rotatable bonds is 7. The van der Waals surface area contributed by atoms with Gasteiger partial charge in [0.1, 0.15) is 5.75 Å². The first-order chi connectivity index (χ1) is 16.1. The van der Waals surface area contributed by atoms with Crippen LogP contribution in [0.4, 0.5) is 23.2 Å². The fourth-order valence-corrected chi connectivity index (χ4v) is 5.04. The summed E-state index contributed by atoms with van der Waals surface area (Å²) in [6.45, 7) is 6.48. The van der Waals surface area contributed by atoms with Crippen molar-refractivity contribution in [1.82, 2.24) is 4.90 Å². The van der Waals surface area contributed by atoms with Crippen LogP contribution in [0.25, 0.3) is 0 Å². The van der Waals surface area contributed by atoms with E-state index in [2.05, 4.69) is 10.1 Å².